The summed E-state index contributed by atoms with van der Waals surface area (Å²) in [6.45, 7) is 2.11. The van der Waals surface area contributed by atoms with Gasteiger partial charge in [0.2, 0.25) is 0 Å². The number of nitrogens with one attached hydrogen (secondary N) is 2. The molecule has 0 spiro atoms. The van der Waals surface area contributed by atoms with Gasteiger partial charge in [0.05, 0.1) is 5.56 Å². The number of hydrogen-bond acceptors (Lipinski definition) is 4. The molecule has 0 aromatic carbocycles. The van der Waals surface area contributed by atoms with E-state index in [9.17, 15) is 4.79 Å². The maximum atomic E-state index is 11.8. The largest absolute Gasteiger partial charge is 0.349 e. The number of hydrazine groups is 1. The van der Waals surface area contributed by atoms with E-state index in [2.05, 4.69) is 22.7 Å². The molecule has 0 bridgehead atoms. The minimum atomic E-state index is -0.120. The van der Waals surface area contributed by atoms with Gasteiger partial charge in [-0.1, -0.05) is 6.92 Å². The van der Waals surface area contributed by atoms with E-state index in [1.54, 1.807) is 18.3 Å². The molecule has 80 valence electrons. The monoisotopic (exact) mass is 206 g/mol. The van der Waals surface area contributed by atoms with Crippen LogP contribution in [0.25, 0.3) is 0 Å². The summed E-state index contributed by atoms with van der Waals surface area (Å²) in [4.78, 5) is 15.7. The van der Waals surface area contributed by atoms with Crippen LogP contribution in [0.3, 0.4) is 0 Å². The second-order valence-electron chi connectivity index (χ2n) is 3.84. The summed E-state index contributed by atoms with van der Waals surface area (Å²) in [7, 11) is 0. The molecule has 5 heteroatoms. The summed E-state index contributed by atoms with van der Waals surface area (Å²) in [6, 6.07) is 3.72. The molecule has 1 aliphatic rings. The molecule has 0 saturated heterocycles. The second kappa shape index (κ2) is 3.86. The third-order valence-electron chi connectivity index (χ3n) is 2.62. The van der Waals surface area contributed by atoms with Crippen LogP contribution in [0.15, 0.2) is 18.3 Å². The van der Waals surface area contributed by atoms with E-state index in [0.29, 0.717) is 23.3 Å². The van der Waals surface area contributed by atoms with Gasteiger partial charge in [-0.2, -0.15) is 0 Å². The summed E-state index contributed by atoms with van der Waals surface area (Å²) < 4.78 is 0. The Balaban J connectivity index is 2.10. The van der Waals surface area contributed by atoms with E-state index < -0.39 is 0 Å². The van der Waals surface area contributed by atoms with Gasteiger partial charge in [0, 0.05) is 12.2 Å². The molecular formula is C10H14N4O. The molecular weight excluding hydrogens is 192 g/mol. The van der Waals surface area contributed by atoms with Crippen molar-refractivity contribution in [3.8, 4) is 0 Å². The molecule has 15 heavy (non-hydrogen) atoms. The van der Waals surface area contributed by atoms with Crippen LogP contribution in [0.2, 0.25) is 0 Å². The number of amides is 1. The smallest absolute Gasteiger partial charge is 0.255 e. The zero-order valence-corrected chi connectivity index (χ0v) is 8.53. The van der Waals surface area contributed by atoms with Crippen molar-refractivity contribution in [2.24, 2.45) is 11.8 Å². The third kappa shape index (κ3) is 2.07. The number of aromatic nitrogens is 1. The maximum Gasteiger partial charge on any atom is 0.255 e. The first kappa shape index (κ1) is 9.92. The van der Waals surface area contributed by atoms with E-state index in [4.69, 9.17) is 5.84 Å². The van der Waals surface area contributed by atoms with E-state index in [0.717, 1.165) is 6.42 Å². The predicted octanol–water partition coefficient (Wildman–Crippen LogP) is 0.505. The van der Waals surface area contributed by atoms with Crippen LogP contribution >= 0.6 is 0 Å². The average Bonchev–Trinajstić information content (AvgIpc) is 2.94. The molecule has 2 unspecified atom stereocenters. The first-order valence-electron chi connectivity index (χ1n) is 4.95. The van der Waals surface area contributed by atoms with Gasteiger partial charge < -0.3 is 10.7 Å². The first-order chi connectivity index (χ1) is 7.22. The number of nitrogens with zero attached hydrogens (tertiary/aromatic N) is 1. The van der Waals surface area contributed by atoms with E-state index in [1.165, 1.54) is 0 Å². The molecule has 1 heterocycles. The molecule has 5 nitrogen and oxygen atoms in total. The zero-order chi connectivity index (χ0) is 10.8. The fraction of sp³-hybridized carbons (Fsp3) is 0.400. The molecule has 1 aromatic heterocycles. The van der Waals surface area contributed by atoms with Crippen molar-refractivity contribution in [2.75, 3.05) is 5.43 Å². The number of hydrogen-bond donors (Lipinski definition) is 3. The molecule has 1 fully saturated rings. The van der Waals surface area contributed by atoms with E-state index in [-0.39, 0.29) is 5.91 Å². The van der Waals surface area contributed by atoms with Gasteiger partial charge in [0.1, 0.15) is 0 Å². The lowest BCUT2D eigenvalue weighted by atomic mass is 10.2. The molecule has 1 aliphatic carbocycles. The van der Waals surface area contributed by atoms with Crippen LogP contribution in [0.1, 0.15) is 23.7 Å². The quantitative estimate of drug-likeness (QED) is 0.497. The van der Waals surface area contributed by atoms with Gasteiger partial charge in [-0.25, -0.2) is 10.8 Å². The van der Waals surface area contributed by atoms with Gasteiger partial charge in [-0.15, -0.1) is 0 Å². The second-order valence-corrected chi connectivity index (χ2v) is 3.84. The standard InChI is InChI=1S/C10H14N4O/c1-6-5-8(6)13-10(15)7-3-2-4-12-9(7)14-11/h2-4,6,8H,5,11H2,1H3,(H,12,14)(H,13,15). The average molecular weight is 206 g/mol. The van der Waals surface area contributed by atoms with Crippen molar-refractivity contribution in [1.29, 1.82) is 0 Å². The topological polar surface area (TPSA) is 80.0 Å². The van der Waals surface area contributed by atoms with Gasteiger partial charge >= 0.3 is 0 Å². The van der Waals surface area contributed by atoms with Crippen LogP contribution in [-0.4, -0.2) is 16.9 Å². The lowest BCUT2D eigenvalue weighted by Crippen LogP contribution is -2.28. The highest BCUT2D eigenvalue weighted by Gasteiger charge is 2.34. The normalized spacial score (nSPS) is 23.3. The molecule has 1 aromatic rings. The van der Waals surface area contributed by atoms with Gasteiger partial charge in [-0.05, 0) is 24.5 Å². The summed E-state index contributed by atoms with van der Waals surface area (Å²) in [5, 5.41) is 2.92. The van der Waals surface area contributed by atoms with Gasteiger partial charge in [-0.3, -0.25) is 4.79 Å². The molecule has 0 radical (unpaired) electrons. The van der Waals surface area contributed by atoms with Crippen molar-refractivity contribution in [3.63, 3.8) is 0 Å². The highest BCUT2D eigenvalue weighted by atomic mass is 16.1. The lowest BCUT2D eigenvalue weighted by molar-refractivity contribution is 0.0950. The van der Waals surface area contributed by atoms with Crippen molar-refractivity contribution < 1.29 is 4.79 Å². The Morgan fingerprint density at radius 1 is 1.67 bits per heavy atom. The van der Waals surface area contributed by atoms with Crippen LogP contribution in [0.4, 0.5) is 5.82 Å². The number of rotatable bonds is 3. The number of nitrogens with two attached hydrogens (primary N) is 1. The minimum absolute atomic E-state index is 0.120. The Bertz CT molecular complexity index is 379. The van der Waals surface area contributed by atoms with Crippen LogP contribution in [0.5, 0.6) is 0 Å². The summed E-state index contributed by atoms with van der Waals surface area (Å²) in [5.74, 6) is 6.14. The number of carbonyl (C=O) groups is 1. The number of anilines is 1. The maximum absolute atomic E-state index is 11.8. The molecule has 4 N–H and O–H groups in total. The van der Waals surface area contributed by atoms with Crippen molar-refractivity contribution >= 4 is 11.7 Å². The van der Waals surface area contributed by atoms with Crippen molar-refractivity contribution in [3.05, 3.63) is 23.9 Å². The number of pyridine rings is 1. The molecule has 2 rings (SSSR count). The van der Waals surface area contributed by atoms with Gasteiger partial charge in [0.15, 0.2) is 5.82 Å². The summed E-state index contributed by atoms with van der Waals surface area (Å²) in [5.41, 5.74) is 2.89. The van der Waals surface area contributed by atoms with Crippen LogP contribution < -0.4 is 16.6 Å². The number of nitrogen functional groups attached to an aromatic ring is 1. The van der Waals surface area contributed by atoms with E-state index >= 15 is 0 Å². The van der Waals surface area contributed by atoms with Crippen molar-refractivity contribution in [2.45, 2.75) is 19.4 Å². The Labute approximate surface area is 88.0 Å². The minimum Gasteiger partial charge on any atom is -0.349 e. The van der Waals surface area contributed by atoms with E-state index in [1.807, 2.05) is 0 Å². The highest BCUT2D eigenvalue weighted by Crippen LogP contribution is 2.29. The fourth-order valence-electron chi connectivity index (χ4n) is 1.47. The Hall–Kier alpha value is -1.62. The van der Waals surface area contributed by atoms with Gasteiger partial charge in [0.25, 0.3) is 5.91 Å². The van der Waals surface area contributed by atoms with Crippen molar-refractivity contribution in [1.82, 2.24) is 10.3 Å². The molecule has 1 saturated carbocycles. The third-order valence-corrected chi connectivity index (χ3v) is 2.62. The molecule has 2 atom stereocenters. The number of carbonyl (C=O) groups excluding carboxylic acids is 1. The fourth-order valence-corrected chi connectivity index (χ4v) is 1.47. The Morgan fingerprint density at radius 3 is 3.00 bits per heavy atom. The summed E-state index contributed by atoms with van der Waals surface area (Å²) in [6.07, 6.45) is 2.64. The predicted molar refractivity (Wildman–Crippen MR) is 57.1 cm³/mol. The van der Waals surface area contributed by atoms with Crippen LogP contribution in [0, 0.1) is 5.92 Å². The Morgan fingerprint density at radius 2 is 2.40 bits per heavy atom. The zero-order valence-electron chi connectivity index (χ0n) is 8.53. The Kier molecular flexibility index (Phi) is 2.55. The SMILES string of the molecule is CC1CC1NC(=O)c1cccnc1NN. The van der Waals surface area contributed by atoms with Crippen LogP contribution in [-0.2, 0) is 0 Å². The molecule has 1 amide bonds. The lowest BCUT2D eigenvalue weighted by Gasteiger charge is -2.07. The molecule has 0 aliphatic heterocycles. The summed E-state index contributed by atoms with van der Waals surface area (Å²) >= 11 is 0. The first-order valence-corrected chi connectivity index (χ1v) is 4.95. The highest BCUT2D eigenvalue weighted by molar-refractivity contribution is 5.98.